The van der Waals surface area contributed by atoms with Crippen LogP contribution >= 0.6 is 0 Å². The van der Waals surface area contributed by atoms with Crippen LogP contribution in [0.25, 0.3) is 0 Å². The van der Waals surface area contributed by atoms with E-state index in [4.69, 9.17) is 52.6 Å². The molecule has 0 amide bonds. The van der Waals surface area contributed by atoms with Gasteiger partial charge in [0.25, 0.3) is 0 Å². The molecule has 0 aromatic heterocycles. The summed E-state index contributed by atoms with van der Waals surface area (Å²) in [5.74, 6) is 0. The molecule has 0 rings (SSSR count). The van der Waals surface area contributed by atoms with E-state index >= 15 is 0 Å². The Morgan fingerprint density at radius 2 is 0.500 bits per heavy atom. The molecule has 0 heterocycles. The molecule has 0 atom stereocenters. The molecular formula is CdO12PbS3Zn. The fourth-order valence-electron chi connectivity index (χ4n) is 0. The average Bonchev–Trinajstić information content (AvgIpc) is 1.41. The smallest absolute Gasteiger partial charge is 0.759 e. The molecule has 0 unspecified atom stereocenters. The Bertz CT molecular complexity index is 348. The van der Waals surface area contributed by atoms with Crippen molar-refractivity contribution in [3.63, 3.8) is 0 Å². The Balaban J connectivity index is -0.0000000277. The van der Waals surface area contributed by atoms with Crippen LogP contribution in [0.5, 0.6) is 0 Å². The van der Waals surface area contributed by atoms with E-state index in [-0.39, 0.29) is 74.1 Å². The van der Waals surface area contributed by atoms with Crippen LogP contribution in [-0.2, 0) is 78.0 Å². The van der Waals surface area contributed by atoms with Crippen molar-refractivity contribution in [2.45, 2.75) is 0 Å². The van der Waals surface area contributed by atoms with Gasteiger partial charge in [0.15, 0.2) is 0 Å². The standard InChI is InChI=1S/Cd.3H2O4S.Pb.Zn/c;3*1-5(2,3)4;;/h;3*(H2,1,2,3,4);;/q+2;;;;2*+2/p-6. The van der Waals surface area contributed by atoms with Gasteiger partial charge in [-0.3, -0.25) is 25.3 Å². The maximum Gasteiger partial charge on any atom is 2.00 e. The van der Waals surface area contributed by atoms with Gasteiger partial charge in [0.2, 0.25) is 0 Å². The first kappa shape index (κ1) is 36.9. The van der Waals surface area contributed by atoms with E-state index in [0.29, 0.717) is 0 Å². The quantitative estimate of drug-likeness (QED) is 0.135. The number of hydrogen-bond acceptors (Lipinski definition) is 12. The van der Waals surface area contributed by atoms with Crippen molar-refractivity contribution < 1.29 is 99.3 Å². The molecule has 0 aliphatic carbocycles. The van der Waals surface area contributed by atoms with Gasteiger partial charge in [0, 0.05) is 31.2 Å². The Hall–Kier alpha value is 2.08. The zero-order chi connectivity index (χ0) is 13.5. The Kier molecular flexibility index (Phi) is 31.7. The van der Waals surface area contributed by atoms with Gasteiger partial charge in [0.05, 0.1) is 0 Å². The molecule has 0 saturated carbocycles. The molecule has 2 radical (unpaired) electrons. The summed E-state index contributed by atoms with van der Waals surface area (Å²) >= 11 is 0. The number of rotatable bonds is 0. The first-order valence-electron chi connectivity index (χ1n) is 2.00. The van der Waals surface area contributed by atoms with Gasteiger partial charge in [-0.05, 0) is 0 Å². The molecule has 0 N–H and O–H groups in total. The van der Waals surface area contributed by atoms with Crippen LogP contribution in [0.3, 0.4) is 0 Å². The summed E-state index contributed by atoms with van der Waals surface area (Å²) in [6.07, 6.45) is 0. The molecule has 0 spiro atoms. The van der Waals surface area contributed by atoms with Gasteiger partial charge in [-0.1, -0.05) is 0 Å². The van der Waals surface area contributed by atoms with E-state index in [1.165, 1.54) is 0 Å². The largest absolute Gasteiger partial charge is 2.00 e. The normalized spacial score (nSPS) is 9.67. The third-order valence-electron chi connectivity index (χ3n) is 0. The summed E-state index contributed by atoms with van der Waals surface area (Å²) in [4.78, 5) is 0. The monoisotopic (exact) mass is 674 g/mol. The Morgan fingerprint density at radius 3 is 0.500 bits per heavy atom. The van der Waals surface area contributed by atoms with E-state index in [9.17, 15) is 0 Å². The molecule has 0 aromatic carbocycles. The summed E-state index contributed by atoms with van der Waals surface area (Å²) in [6, 6.07) is 0. The SMILES string of the molecule is O=S(=O)([O-])[O-].O=S(=O)([O-])[O-].O=S(=O)([O-])[O-].[Cd+2].[Pb+2].[Zn+2]. The van der Waals surface area contributed by atoms with Gasteiger partial charge in [-0.15, -0.1) is 0 Å². The minimum atomic E-state index is -5.17. The predicted octanol–water partition coefficient (Wildman–Crippen LogP) is -4.40. The number of hydrogen-bond donors (Lipinski definition) is 0. The first-order valence-corrected chi connectivity index (χ1v) is 6.00. The van der Waals surface area contributed by atoms with E-state index < -0.39 is 31.2 Å². The van der Waals surface area contributed by atoms with Crippen LogP contribution in [0, 0.1) is 0 Å². The second kappa shape index (κ2) is 15.5. The zero-order valence-electron chi connectivity index (χ0n) is 8.04. The molecule has 18 heteroatoms. The van der Waals surface area contributed by atoms with Crippen LogP contribution in [0.2, 0.25) is 0 Å². The van der Waals surface area contributed by atoms with Crippen LogP contribution in [0.1, 0.15) is 0 Å². The van der Waals surface area contributed by atoms with Gasteiger partial charge in [-0.25, -0.2) is 0 Å². The Labute approximate surface area is 156 Å². The Morgan fingerprint density at radius 1 is 0.500 bits per heavy atom. The maximum absolute atomic E-state index is 8.52. The molecule has 18 heavy (non-hydrogen) atoms. The average molecular weight is 673 g/mol. The third kappa shape index (κ3) is 1220. The fourth-order valence-corrected chi connectivity index (χ4v) is 0. The van der Waals surface area contributed by atoms with Crippen molar-refractivity contribution >= 4 is 58.5 Å². The minimum absolute atomic E-state index is 0. The molecule has 0 fully saturated rings. The van der Waals surface area contributed by atoms with Gasteiger partial charge >= 0.3 is 74.1 Å². The van der Waals surface area contributed by atoms with Crippen molar-refractivity contribution in [3.8, 4) is 0 Å². The van der Waals surface area contributed by atoms with Gasteiger partial charge in [-0.2, -0.15) is 0 Å². The van der Waals surface area contributed by atoms with Gasteiger partial charge in [0.1, 0.15) is 0 Å². The zero-order valence-corrected chi connectivity index (χ0v) is 21.4. The first-order chi connectivity index (χ1) is 6.00. The second-order valence-corrected chi connectivity index (χ2v) is 3.67. The molecular weight excluding hydrogens is 673 g/mol. The molecule has 12 nitrogen and oxygen atoms in total. The summed E-state index contributed by atoms with van der Waals surface area (Å²) in [7, 11) is -15.5. The molecule has 0 aliphatic heterocycles. The van der Waals surface area contributed by atoms with Crippen molar-refractivity contribution in [1.82, 2.24) is 0 Å². The molecule has 0 aliphatic rings. The molecule has 0 saturated heterocycles. The van der Waals surface area contributed by atoms with Crippen molar-refractivity contribution in [1.29, 1.82) is 0 Å². The second-order valence-electron chi connectivity index (χ2n) is 1.22. The van der Waals surface area contributed by atoms with Crippen LogP contribution in [0.4, 0.5) is 0 Å². The van der Waals surface area contributed by atoms with E-state index in [1.807, 2.05) is 0 Å². The van der Waals surface area contributed by atoms with Crippen LogP contribution in [-0.4, -0.2) is 79.9 Å². The summed E-state index contributed by atoms with van der Waals surface area (Å²) in [5.41, 5.74) is 0. The maximum atomic E-state index is 8.52. The summed E-state index contributed by atoms with van der Waals surface area (Å²) in [6.45, 7) is 0. The predicted molar refractivity (Wildman–Crippen MR) is 37.2 cm³/mol. The topological polar surface area (TPSA) is 241 Å². The molecule has 0 aromatic rings. The molecule has 0 bridgehead atoms. The third-order valence-corrected chi connectivity index (χ3v) is 0. The van der Waals surface area contributed by atoms with Crippen LogP contribution in [0.15, 0.2) is 0 Å². The van der Waals surface area contributed by atoms with Crippen molar-refractivity contribution in [2.75, 3.05) is 0 Å². The van der Waals surface area contributed by atoms with Crippen molar-refractivity contribution in [3.05, 3.63) is 0 Å². The van der Waals surface area contributed by atoms with E-state index in [1.54, 1.807) is 0 Å². The van der Waals surface area contributed by atoms with E-state index in [2.05, 4.69) is 0 Å². The van der Waals surface area contributed by atoms with E-state index in [0.717, 1.165) is 0 Å². The van der Waals surface area contributed by atoms with Gasteiger partial charge < -0.3 is 27.3 Å². The minimum Gasteiger partial charge on any atom is -0.759 e. The van der Waals surface area contributed by atoms with Crippen LogP contribution < -0.4 is 0 Å². The van der Waals surface area contributed by atoms with Crippen molar-refractivity contribution in [2.24, 2.45) is 0 Å². The summed E-state index contributed by atoms with van der Waals surface area (Å²) < 4.78 is 102. The fraction of sp³-hybridized carbons (Fsp3) is 0. The molecule has 98 valence electrons. The summed E-state index contributed by atoms with van der Waals surface area (Å²) in [5, 5.41) is 0.